The van der Waals surface area contributed by atoms with Crippen LogP contribution in [0.3, 0.4) is 0 Å². The summed E-state index contributed by atoms with van der Waals surface area (Å²) in [6.45, 7) is 2.26. The van der Waals surface area contributed by atoms with E-state index in [4.69, 9.17) is 9.47 Å². The molecule has 0 amide bonds. The molecule has 0 spiro atoms. The number of Topliss-reactive ketones (excluding diaryl/α,β-unsaturated/α-hetero) is 1. The van der Waals surface area contributed by atoms with E-state index in [1.54, 1.807) is 36.4 Å². The first kappa shape index (κ1) is 29.6. The summed E-state index contributed by atoms with van der Waals surface area (Å²) in [6.07, 6.45) is 21.2. The fraction of sp³-hybridized carbons (Fsp3) is 0.515. The van der Waals surface area contributed by atoms with Crippen LogP contribution >= 0.6 is 0 Å². The van der Waals surface area contributed by atoms with Gasteiger partial charge >= 0.3 is 5.97 Å². The number of allylic oxidation sites excluding steroid dienone is 1. The van der Waals surface area contributed by atoms with Gasteiger partial charge in [0.15, 0.2) is 5.76 Å². The van der Waals surface area contributed by atoms with E-state index in [0.29, 0.717) is 29.0 Å². The van der Waals surface area contributed by atoms with Crippen molar-refractivity contribution in [2.45, 2.75) is 110 Å². The van der Waals surface area contributed by atoms with Gasteiger partial charge in [0.2, 0.25) is 5.78 Å². The molecule has 0 atom stereocenters. The Morgan fingerprint density at radius 2 is 1.34 bits per heavy atom. The van der Waals surface area contributed by atoms with Crippen LogP contribution in [0.2, 0.25) is 0 Å². The van der Waals surface area contributed by atoms with Crippen LogP contribution in [0.5, 0.6) is 11.5 Å². The molecule has 0 unspecified atom stereocenters. The van der Waals surface area contributed by atoms with Gasteiger partial charge in [-0.1, -0.05) is 109 Å². The minimum atomic E-state index is -0.343. The molecule has 0 N–H and O–H groups in total. The molecule has 1 aliphatic rings. The van der Waals surface area contributed by atoms with Crippen molar-refractivity contribution >= 4 is 17.8 Å². The average molecular weight is 523 g/mol. The Morgan fingerprint density at radius 1 is 0.789 bits per heavy atom. The number of esters is 1. The van der Waals surface area contributed by atoms with Gasteiger partial charge in [0.25, 0.3) is 0 Å². The largest absolute Gasteiger partial charge is 0.452 e. The lowest BCUT2D eigenvalue weighted by Gasteiger charge is -2.06. The number of fused-ring (bicyclic) bond motifs is 1. The Morgan fingerprint density at radius 3 is 1.92 bits per heavy atom. The van der Waals surface area contributed by atoms with Gasteiger partial charge < -0.3 is 9.47 Å². The normalized spacial score (nSPS) is 13.5. The van der Waals surface area contributed by atoms with E-state index in [2.05, 4.69) is 6.92 Å². The monoisotopic (exact) mass is 522 g/mol. The quantitative estimate of drug-likeness (QED) is 0.0846. The van der Waals surface area contributed by atoms with Gasteiger partial charge in [-0.2, -0.15) is 0 Å². The predicted octanol–water partition coefficient (Wildman–Crippen LogP) is 9.61. The molecule has 1 heterocycles. The summed E-state index contributed by atoms with van der Waals surface area (Å²) in [5.41, 5.74) is 1.02. The smallest absolute Gasteiger partial charge is 0.311 e. The zero-order valence-electron chi connectivity index (χ0n) is 22.9. The summed E-state index contributed by atoms with van der Waals surface area (Å²) in [5, 5.41) is 0. The molecule has 0 aromatic heterocycles. The Labute approximate surface area is 227 Å². The van der Waals surface area contributed by atoms with Crippen LogP contribution in [-0.2, 0) is 4.79 Å². The second-order valence-corrected chi connectivity index (χ2v) is 10.3. The van der Waals surface area contributed by atoms with Crippen molar-refractivity contribution in [1.82, 2.24) is 0 Å². The first-order valence-electron chi connectivity index (χ1n) is 14.6. The fourth-order valence-electron chi connectivity index (χ4n) is 4.77. The van der Waals surface area contributed by atoms with Gasteiger partial charge in [-0.25, -0.2) is 4.39 Å². The highest BCUT2D eigenvalue weighted by atomic mass is 19.1. The summed E-state index contributed by atoms with van der Waals surface area (Å²) in [4.78, 5) is 25.0. The maximum absolute atomic E-state index is 13.1. The van der Waals surface area contributed by atoms with E-state index in [1.807, 2.05) is 0 Å². The van der Waals surface area contributed by atoms with Gasteiger partial charge in [-0.15, -0.1) is 0 Å². The summed E-state index contributed by atoms with van der Waals surface area (Å²) >= 11 is 0. The lowest BCUT2D eigenvalue weighted by molar-refractivity contribution is -0.134. The molecular weight excluding hydrogens is 479 g/mol. The molecule has 0 fully saturated rings. The lowest BCUT2D eigenvalue weighted by atomic mass is 10.0. The molecule has 2 aromatic carbocycles. The van der Waals surface area contributed by atoms with Crippen molar-refractivity contribution in [3.63, 3.8) is 0 Å². The molecule has 0 saturated heterocycles. The molecular formula is C33H43FO4. The SMILES string of the molecule is CCCCCCCCCCCCCCCCCC(=O)Oc1ccc2c(c1)C(=O)/C(=C/c1ccc(F)cc1)O2. The van der Waals surface area contributed by atoms with E-state index in [9.17, 15) is 14.0 Å². The van der Waals surface area contributed by atoms with Gasteiger partial charge in [-0.05, 0) is 48.4 Å². The molecule has 38 heavy (non-hydrogen) atoms. The molecule has 206 valence electrons. The number of carbonyl (C=O) groups is 2. The van der Waals surface area contributed by atoms with Crippen molar-refractivity contribution in [1.29, 1.82) is 0 Å². The average Bonchev–Trinajstić information content (AvgIpc) is 3.22. The summed E-state index contributed by atoms with van der Waals surface area (Å²) < 4.78 is 24.2. The Bertz CT molecular complexity index is 1040. The van der Waals surface area contributed by atoms with Gasteiger partial charge in [0, 0.05) is 6.42 Å². The highest BCUT2D eigenvalue weighted by Crippen LogP contribution is 2.34. The zero-order valence-corrected chi connectivity index (χ0v) is 22.9. The fourth-order valence-corrected chi connectivity index (χ4v) is 4.77. The minimum Gasteiger partial charge on any atom is -0.452 e. The summed E-state index contributed by atoms with van der Waals surface area (Å²) in [6, 6.07) is 10.6. The molecule has 1 aliphatic heterocycles. The van der Waals surface area contributed by atoms with E-state index in [0.717, 1.165) is 19.3 Å². The second kappa shape index (κ2) is 16.8. The Hall–Kier alpha value is -2.95. The highest BCUT2D eigenvalue weighted by Gasteiger charge is 2.28. The van der Waals surface area contributed by atoms with Crippen molar-refractivity contribution in [2.75, 3.05) is 0 Å². The van der Waals surface area contributed by atoms with E-state index in [1.165, 1.54) is 89.2 Å². The van der Waals surface area contributed by atoms with Crippen LogP contribution < -0.4 is 9.47 Å². The summed E-state index contributed by atoms with van der Waals surface area (Å²) in [7, 11) is 0. The van der Waals surface area contributed by atoms with Crippen LogP contribution in [-0.4, -0.2) is 11.8 Å². The standard InChI is InChI=1S/C33H43FO4/c1-2-3-4-5-6-7-8-9-10-11-12-13-14-15-16-17-32(35)37-28-22-23-30-29(25-28)33(36)31(38-30)24-26-18-20-27(34)21-19-26/h18-25H,2-17H2,1H3/b31-24-. The topological polar surface area (TPSA) is 52.6 Å². The third-order valence-corrected chi connectivity index (χ3v) is 7.02. The third-order valence-electron chi connectivity index (χ3n) is 7.02. The Balaban J connectivity index is 1.25. The summed E-state index contributed by atoms with van der Waals surface area (Å²) in [5.74, 6) is 0.00998. The molecule has 2 aromatic rings. The molecule has 0 radical (unpaired) electrons. The third kappa shape index (κ3) is 10.4. The van der Waals surface area contributed by atoms with Gasteiger partial charge in [-0.3, -0.25) is 9.59 Å². The van der Waals surface area contributed by atoms with Gasteiger partial charge in [0.05, 0.1) is 5.56 Å². The zero-order chi connectivity index (χ0) is 27.0. The van der Waals surface area contributed by atoms with E-state index < -0.39 is 0 Å². The number of halogens is 1. The number of ketones is 1. The van der Waals surface area contributed by atoms with Crippen molar-refractivity contribution in [2.24, 2.45) is 0 Å². The van der Waals surface area contributed by atoms with Crippen LogP contribution in [0, 0.1) is 5.82 Å². The van der Waals surface area contributed by atoms with Gasteiger partial charge in [0.1, 0.15) is 17.3 Å². The van der Waals surface area contributed by atoms with E-state index >= 15 is 0 Å². The maximum atomic E-state index is 13.1. The molecule has 3 rings (SSSR count). The molecule has 5 heteroatoms. The predicted molar refractivity (Wildman–Crippen MR) is 151 cm³/mol. The number of unbranched alkanes of at least 4 members (excludes halogenated alkanes) is 14. The maximum Gasteiger partial charge on any atom is 0.311 e. The molecule has 4 nitrogen and oxygen atoms in total. The number of benzene rings is 2. The molecule has 0 bridgehead atoms. The van der Waals surface area contributed by atoms with Crippen LogP contribution in [0.1, 0.15) is 126 Å². The van der Waals surface area contributed by atoms with Crippen LogP contribution in [0.4, 0.5) is 4.39 Å². The first-order valence-corrected chi connectivity index (χ1v) is 14.6. The van der Waals surface area contributed by atoms with Crippen LogP contribution in [0.15, 0.2) is 48.2 Å². The number of hydrogen-bond acceptors (Lipinski definition) is 4. The van der Waals surface area contributed by atoms with E-state index in [-0.39, 0.29) is 23.3 Å². The lowest BCUT2D eigenvalue weighted by Crippen LogP contribution is -2.08. The highest BCUT2D eigenvalue weighted by molar-refractivity contribution is 6.14. The number of rotatable bonds is 18. The van der Waals surface area contributed by atoms with Crippen molar-refractivity contribution in [3.8, 4) is 11.5 Å². The van der Waals surface area contributed by atoms with Crippen molar-refractivity contribution < 1.29 is 23.5 Å². The number of ether oxygens (including phenoxy) is 2. The molecule has 0 saturated carbocycles. The second-order valence-electron chi connectivity index (χ2n) is 10.3. The number of carbonyl (C=O) groups excluding carboxylic acids is 2. The number of hydrogen-bond donors (Lipinski definition) is 0. The minimum absolute atomic E-state index is 0.160. The molecule has 0 aliphatic carbocycles. The first-order chi connectivity index (χ1) is 18.6. The van der Waals surface area contributed by atoms with Crippen molar-refractivity contribution in [3.05, 3.63) is 65.2 Å². The van der Waals surface area contributed by atoms with Crippen LogP contribution in [0.25, 0.3) is 6.08 Å². The Kier molecular flexibility index (Phi) is 13.1.